The fourth-order valence-corrected chi connectivity index (χ4v) is 2.61. The summed E-state index contributed by atoms with van der Waals surface area (Å²) in [7, 11) is 0. The molecule has 2 rings (SSSR count). The molecule has 0 amide bonds. The number of benzene rings is 2. The van der Waals surface area contributed by atoms with E-state index in [9.17, 15) is 4.39 Å². The highest BCUT2D eigenvalue weighted by Crippen LogP contribution is 2.25. The van der Waals surface area contributed by atoms with Gasteiger partial charge >= 0.3 is 0 Å². The van der Waals surface area contributed by atoms with E-state index in [1.165, 1.54) is 17.7 Å². The van der Waals surface area contributed by atoms with Gasteiger partial charge < -0.3 is 5.32 Å². The third kappa shape index (κ3) is 4.68. The lowest BCUT2D eigenvalue weighted by Crippen LogP contribution is -2.26. The van der Waals surface area contributed by atoms with E-state index in [0.29, 0.717) is 12.0 Å². The lowest BCUT2D eigenvalue weighted by molar-refractivity contribution is 0.394. The molecule has 2 aromatic carbocycles. The molecule has 2 aromatic rings. The lowest BCUT2D eigenvalue weighted by atomic mass is 9.95. The Morgan fingerprint density at radius 2 is 1.48 bits per heavy atom. The average molecular weight is 285 g/mol. The minimum absolute atomic E-state index is 0.187. The van der Waals surface area contributed by atoms with Crippen LogP contribution in [0.2, 0.25) is 0 Å². The van der Waals surface area contributed by atoms with Gasteiger partial charge in [-0.3, -0.25) is 0 Å². The maximum absolute atomic E-state index is 13.0. The highest BCUT2D eigenvalue weighted by atomic mass is 19.1. The van der Waals surface area contributed by atoms with Crippen LogP contribution in [0.4, 0.5) is 4.39 Å². The largest absolute Gasteiger partial charge is 0.303 e. The van der Waals surface area contributed by atoms with Crippen molar-refractivity contribution in [3.63, 3.8) is 0 Å². The van der Waals surface area contributed by atoms with Crippen LogP contribution in [0.5, 0.6) is 0 Å². The van der Waals surface area contributed by atoms with Gasteiger partial charge in [-0.15, -0.1) is 0 Å². The van der Waals surface area contributed by atoms with Crippen LogP contribution in [0.3, 0.4) is 0 Å². The standard InChI is InChI=1S/C19H24FN/c1-14(2)13-19(17-7-5-4-6-8-17)21-15(3)16-9-11-18(20)12-10-16/h4-12,14-15,19,21H,13H2,1-3H3/t15-,19?/m0/s1. The van der Waals surface area contributed by atoms with Gasteiger partial charge in [-0.2, -0.15) is 0 Å². The predicted molar refractivity (Wildman–Crippen MR) is 86.6 cm³/mol. The van der Waals surface area contributed by atoms with Crippen LogP contribution in [-0.2, 0) is 0 Å². The number of hydrogen-bond acceptors (Lipinski definition) is 1. The zero-order chi connectivity index (χ0) is 15.2. The van der Waals surface area contributed by atoms with Gasteiger partial charge in [0.25, 0.3) is 0 Å². The van der Waals surface area contributed by atoms with Crippen molar-refractivity contribution < 1.29 is 4.39 Å². The molecule has 0 aliphatic rings. The van der Waals surface area contributed by atoms with Gasteiger partial charge in [-0.05, 0) is 42.5 Å². The Morgan fingerprint density at radius 1 is 0.857 bits per heavy atom. The molecule has 1 nitrogen and oxygen atoms in total. The molecule has 112 valence electrons. The highest BCUT2D eigenvalue weighted by molar-refractivity contribution is 5.22. The predicted octanol–water partition coefficient (Wildman–Crippen LogP) is 5.26. The van der Waals surface area contributed by atoms with Crippen molar-refractivity contribution in [1.82, 2.24) is 5.32 Å². The Morgan fingerprint density at radius 3 is 2.05 bits per heavy atom. The molecule has 0 radical (unpaired) electrons. The molecular formula is C19H24FN. The number of hydrogen-bond donors (Lipinski definition) is 1. The summed E-state index contributed by atoms with van der Waals surface area (Å²) in [5, 5.41) is 3.68. The monoisotopic (exact) mass is 285 g/mol. The fourth-order valence-electron chi connectivity index (χ4n) is 2.61. The van der Waals surface area contributed by atoms with Gasteiger partial charge in [0.15, 0.2) is 0 Å². The van der Waals surface area contributed by atoms with Crippen molar-refractivity contribution in [3.8, 4) is 0 Å². The van der Waals surface area contributed by atoms with Crippen LogP contribution < -0.4 is 5.32 Å². The van der Waals surface area contributed by atoms with Crippen LogP contribution in [-0.4, -0.2) is 0 Å². The minimum Gasteiger partial charge on any atom is -0.303 e. The first-order valence-corrected chi connectivity index (χ1v) is 7.62. The zero-order valence-electron chi connectivity index (χ0n) is 13.0. The van der Waals surface area contributed by atoms with E-state index in [-0.39, 0.29) is 11.9 Å². The van der Waals surface area contributed by atoms with Crippen molar-refractivity contribution in [3.05, 3.63) is 71.5 Å². The Kier molecular flexibility index (Phi) is 5.51. The van der Waals surface area contributed by atoms with E-state index in [0.717, 1.165) is 12.0 Å². The van der Waals surface area contributed by atoms with Crippen LogP contribution in [0, 0.1) is 11.7 Å². The summed E-state index contributed by atoms with van der Waals surface area (Å²) >= 11 is 0. The summed E-state index contributed by atoms with van der Waals surface area (Å²) < 4.78 is 13.0. The Labute approximate surface area is 127 Å². The topological polar surface area (TPSA) is 12.0 Å². The summed E-state index contributed by atoms with van der Waals surface area (Å²) in [6, 6.07) is 17.8. The highest BCUT2D eigenvalue weighted by Gasteiger charge is 2.16. The van der Waals surface area contributed by atoms with Gasteiger partial charge in [0.1, 0.15) is 5.82 Å². The van der Waals surface area contributed by atoms with Crippen molar-refractivity contribution >= 4 is 0 Å². The molecule has 2 heteroatoms. The smallest absolute Gasteiger partial charge is 0.123 e. The molecular weight excluding hydrogens is 261 g/mol. The molecule has 2 atom stereocenters. The number of nitrogens with one attached hydrogen (secondary N) is 1. The Hall–Kier alpha value is -1.67. The maximum atomic E-state index is 13.0. The molecule has 0 saturated heterocycles. The lowest BCUT2D eigenvalue weighted by Gasteiger charge is -2.25. The van der Waals surface area contributed by atoms with Crippen LogP contribution in [0.25, 0.3) is 0 Å². The molecule has 0 aliphatic heterocycles. The van der Waals surface area contributed by atoms with E-state index in [4.69, 9.17) is 0 Å². The van der Waals surface area contributed by atoms with Gasteiger partial charge in [0.05, 0.1) is 0 Å². The molecule has 21 heavy (non-hydrogen) atoms. The molecule has 0 aliphatic carbocycles. The molecule has 0 spiro atoms. The molecule has 0 fully saturated rings. The molecule has 1 N–H and O–H groups in total. The summed E-state index contributed by atoms with van der Waals surface area (Å²) in [6.45, 7) is 6.60. The van der Waals surface area contributed by atoms with Crippen LogP contribution in [0.15, 0.2) is 54.6 Å². The van der Waals surface area contributed by atoms with E-state index in [1.807, 2.05) is 18.2 Å². The number of rotatable bonds is 6. The van der Waals surface area contributed by atoms with Crippen LogP contribution in [0.1, 0.15) is 50.4 Å². The maximum Gasteiger partial charge on any atom is 0.123 e. The summed E-state index contributed by atoms with van der Waals surface area (Å²) in [4.78, 5) is 0. The van der Waals surface area contributed by atoms with Gasteiger partial charge in [0.2, 0.25) is 0 Å². The minimum atomic E-state index is -0.187. The van der Waals surface area contributed by atoms with Crippen molar-refractivity contribution in [1.29, 1.82) is 0 Å². The normalized spacial score (nSPS) is 14.1. The first-order valence-electron chi connectivity index (χ1n) is 7.62. The SMILES string of the molecule is CC(C)CC(N[C@@H](C)c1ccc(F)cc1)c1ccccc1. The first-order chi connectivity index (χ1) is 10.1. The summed E-state index contributed by atoms with van der Waals surface area (Å²) in [6.07, 6.45) is 1.08. The van der Waals surface area contributed by atoms with Crippen molar-refractivity contribution in [2.75, 3.05) is 0 Å². The summed E-state index contributed by atoms with van der Waals surface area (Å²) in [5.74, 6) is 0.427. The fraction of sp³-hybridized carbons (Fsp3) is 0.368. The van der Waals surface area contributed by atoms with Gasteiger partial charge in [-0.25, -0.2) is 4.39 Å². The van der Waals surface area contributed by atoms with E-state index >= 15 is 0 Å². The molecule has 0 aromatic heterocycles. The second-order valence-electron chi connectivity index (χ2n) is 6.03. The Bertz CT molecular complexity index is 533. The van der Waals surface area contributed by atoms with E-state index in [1.54, 1.807) is 0 Å². The third-order valence-electron chi connectivity index (χ3n) is 3.73. The second kappa shape index (κ2) is 7.37. The van der Waals surface area contributed by atoms with Crippen molar-refractivity contribution in [2.24, 2.45) is 5.92 Å². The summed E-state index contributed by atoms with van der Waals surface area (Å²) in [5.41, 5.74) is 2.42. The third-order valence-corrected chi connectivity index (χ3v) is 3.73. The Balaban J connectivity index is 2.13. The quantitative estimate of drug-likeness (QED) is 0.763. The molecule has 0 saturated carbocycles. The molecule has 1 unspecified atom stereocenters. The van der Waals surface area contributed by atoms with Crippen molar-refractivity contribution in [2.45, 2.75) is 39.3 Å². The van der Waals surface area contributed by atoms with E-state index in [2.05, 4.69) is 50.4 Å². The first kappa shape index (κ1) is 15.7. The second-order valence-corrected chi connectivity index (χ2v) is 6.03. The zero-order valence-corrected chi connectivity index (χ0v) is 13.0. The van der Waals surface area contributed by atoms with Crippen LogP contribution >= 0.6 is 0 Å². The van der Waals surface area contributed by atoms with Gasteiger partial charge in [0, 0.05) is 12.1 Å². The van der Waals surface area contributed by atoms with Gasteiger partial charge in [-0.1, -0.05) is 56.3 Å². The average Bonchev–Trinajstić information content (AvgIpc) is 2.47. The van der Waals surface area contributed by atoms with E-state index < -0.39 is 0 Å². The number of halogens is 1. The molecule has 0 heterocycles. The molecule has 0 bridgehead atoms.